The fourth-order valence-corrected chi connectivity index (χ4v) is 5.94. The van der Waals surface area contributed by atoms with Crippen molar-refractivity contribution >= 4 is 21.6 Å². The molecular weight excluding hydrogens is 372 g/mol. The molecule has 1 unspecified atom stereocenters. The van der Waals surface area contributed by atoms with Crippen LogP contribution in [0.15, 0.2) is 53.4 Å². The lowest BCUT2D eigenvalue weighted by Gasteiger charge is -2.34. The van der Waals surface area contributed by atoms with Crippen LogP contribution < -0.4 is 4.90 Å². The molecule has 0 saturated carbocycles. The van der Waals surface area contributed by atoms with Crippen LogP contribution in [0, 0.1) is 12.8 Å². The van der Waals surface area contributed by atoms with Crippen LogP contribution in [-0.4, -0.2) is 37.8 Å². The third-order valence-electron chi connectivity index (χ3n) is 5.88. The first-order chi connectivity index (χ1) is 13.4. The summed E-state index contributed by atoms with van der Waals surface area (Å²) in [7, 11) is -3.50. The molecular formula is C22H26N2O3S. The molecule has 5 nitrogen and oxygen atoms in total. The highest BCUT2D eigenvalue weighted by Gasteiger charge is 2.38. The third-order valence-corrected chi connectivity index (χ3v) is 7.77. The van der Waals surface area contributed by atoms with Crippen molar-refractivity contribution < 1.29 is 13.2 Å². The molecule has 0 radical (unpaired) electrons. The van der Waals surface area contributed by atoms with Crippen molar-refractivity contribution in [2.75, 3.05) is 18.0 Å². The Hall–Kier alpha value is -2.18. The van der Waals surface area contributed by atoms with Crippen LogP contribution >= 0.6 is 0 Å². The summed E-state index contributed by atoms with van der Waals surface area (Å²) in [5.41, 5.74) is 3.14. The van der Waals surface area contributed by atoms with Gasteiger partial charge in [0.2, 0.25) is 15.9 Å². The quantitative estimate of drug-likeness (QED) is 0.796. The number of para-hydroxylation sites is 1. The number of carbonyl (C=O) groups is 1. The summed E-state index contributed by atoms with van der Waals surface area (Å²) in [6, 6.07) is 15.2. The van der Waals surface area contributed by atoms with Crippen LogP contribution in [0.4, 0.5) is 5.69 Å². The van der Waals surface area contributed by atoms with E-state index in [1.54, 1.807) is 18.2 Å². The number of hydrogen-bond donors (Lipinski definition) is 0. The molecule has 2 heterocycles. The second-order valence-electron chi connectivity index (χ2n) is 7.88. The Morgan fingerprint density at radius 2 is 1.75 bits per heavy atom. The van der Waals surface area contributed by atoms with E-state index in [0.29, 0.717) is 30.8 Å². The number of amides is 1. The van der Waals surface area contributed by atoms with Gasteiger partial charge in [-0.25, -0.2) is 8.42 Å². The van der Waals surface area contributed by atoms with Crippen LogP contribution in [-0.2, 0) is 21.2 Å². The summed E-state index contributed by atoms with van der Waals surface area (Å²) in [5, 5.41) is 0. The SMILES string of the molecule is Cc1cccc(S(=O)(=O)N2CCC(C(=O)N3c4ccccc4CC3C)CC2)c1. The van der Waals surface area contributed by atoms with Gasteiger partial charge < -0.3 is 4.90 Å². The second-order valence-corrected chi connectivity index (χ2v) is 9.82. The predicted molar refractivity (Wildman–Crippen MR) is 110 cm³/mol. The summed E-state index contributed by atoms with van der Waals surface area (Å²) in [4.78, 5) is 15.5. The molecule has 6 heteroatoms. The number of rotatable bonds is 3. The van der Waals surface area contributed by atoms with E-state index in [0.717, 1.165) is 17.7 Å². The smallest absolute Gasteiger partial charge is 0.243 e. The Balaban J connectivity index is 1.47. The zero-order chi connectivity index (χ0) is 19.9. The average molecular weight is 399 g/mol. The van der Waals surface area contributed by atoms with Gasteiger partial charge in [-0.15, -0.1) is 0 Å². The molecule has 2 aliphatic rings. The highest BCUT2D eigenvalue weighted by Crippen LogP contribution is 2.35. The highest BCUT2D eigenvalue weighted by atomic mass is 32.2. The van der Waals surface area contributed by atoms with Gasteiger partial charge in [0, 0.05) is 30.7 Å². The standard InChI is InChI=1S/C22H26N2O3S/c1-16-6-5-8-20(14-16)28(26,27)23-12-10-18(11-13-23)22(25)24-17(2)15-19-7-3-4-9-21(19)24/h3-9,14,17-18H,10-13,15H2,1-2H3. The van der Waals surface area contributed by atoms with Gasteiger partial charge in [0.1, 0.15) is 0 Å². The van der Waals surface area contributed by atoms with Crippen LogP contribution in [0.25, 0.3) is 0 Å². The normalized spacial score (nSPS) is 20.9. The number of carbonyl (C=O) groups excluding carboxylic acids is 1. The summed E-state index contributed by atoms with van der Waals surface area (Å²) >= 11 is 0. The summed E-state index contributed by atoms with van der Waals surface area (Å²) in [6.45, 7) is 4.74. The van der Waals surface area contributed by atoms with Crippen LogP contribution in [0.1, 0.15) is 30.9 Å². The Labute approximate surface area is 167 Å². The predicted octanol–water partition coefficient (Wildman–Crippen LogP) is 3.37. The van der Waals surface area contributed by atoms with Crippen molar-refractivity contribution in [2.24, 2.45) is 5.92 Å². The molecule has 0 aromatic heterocycles. The minimum atomic E-state index is -3.50. The lowest BCUT2D eigenvalue weighted by Crippen LogP contribution is -2.46. The van der Waals surface area contributed by atoms with Gasteiger partial charge in [0.15, 0.2) is 0 Å². The zero-order valence-electron chi connectivity index (χ0n) is 16.3. The first-order valence-electron chi connectivity index (χ1n) is 9.86. The van der Waals surface area contributed by atoms with E-state index in [9.17, 15) is 13.2 Å². The van der Waals surface area contributed by atoms with E-state index in [1.165, 1.54) is 9.87 Å². The zero-order valence-corrected chi connectivity index (χ0v) is 17.2. The van der Waals surface area contributed by atoms with Gasteiger partial charge in [-0.1, -0.05) is 30.3 Å². The number of aryl methyl sites for hydroxylation is 1. The number of anilines is 1. The van der Waals surface area contributed by atoms with E-state index in [-0.39, 0.29) is 17.9 Å². The monoisotopic (exact) mass is 398 g/mol. The second kappa shape index (κ2) is 7.33. The summed E-state index contributed by atoms with van der Waals surface area (Å²) in [6.07, 6.45) is 2.01. The largest absolute Gasteiger partial charge is 0.309 e. The molecule has 2 aromatic rings. The molecule has 1 saturated heterocycles. The minimum Gasteiger partial charge on any atom is -0.309 e. The number of piperidine rings is 1. The van der Waals surface area contributed by atoms with Gasteiger partial charge in [0.25, 0.3) is 0 Å². The molecule has 1 atom stereocenters. The third kappa shape index (κ3) is 3.35. The molecule has 1 amide bonds. The Bertz CT molecular complexity index is 994. The van der Waals surface area contributed by atoms with Crippen LogP contribution in [0.3, 0.4) is 0 Å². The van der Waals surface area contributed by atoms with Gasteiger partial charge in [-0.05, 0) is 62.4 Å². The van der Waals surface area contributed by atoms with E-state index in [2.05, 4.69) is 13.0 Å². The Kier molecular flexibility index (Phi) is 5.02. The number of hydrogen-bond acceptors (Lipinski definition) is 3. The van der Waals surface area contributed by atoms with Crippen molar-refractivity contribution in [2.45, 2.75) is 44.0 Å². The number of nitrogens with zero attached hydrogens (tertiary/aromatic N) is 2. The summed E-state index contributed by atoms with van der Waals surface area (Å²) in [5.74, 6) is 0.00243. The molecule has 2 aliphatic heterocycles. The van der Waals surface area contributed by atoms with Gasteiger partial charge in [0.05, 0.1) is 4.90 Å². The van der Waals surface area contributed by atoms with Crippen molar-refractivity contribution in [1.82, 2.24) is 4.31 Å². The highest BCUT2D eigenvalue weighted by molar-refractivity contribution is 7.89. The fourth-order valence-electron chi connectivity index (χ4n) is 4.37. The van der Waals surface area contributed by atoms with E-state index >= 15 is 0 Å². The van der Waals surface area contributed by atoms with Crippen molar-refractivity contribution in [3.8, 4) is 0 Å². The molecule has 148 valence electrons. The molecule has 0 N–H and O–H groups in total. The molecule has 1 fully saturated rings. The first kappa shape index (κ1) is 19.2. The lowest BCUT2D eigenvalue weighted by molar-refractivity contribution is -0.123. The summed E-state index contributed by atoms with van der Waals surface area (Å²) < 4.78 is 27.4. The molecule has 0 aliphatic carbocycles. The van der Waals surface area contributed by atoms with Crippen LogP contribution in [0.5, 0.6) is 0 Å². The lowest BCUT2D eigenvalue weighted by atomic mass is 9.96. The average Bonchev–Trinajstić information content (AvgIpc) is 3.03. The van der Waals surface area contributed by atoms with E-state index in [1.807, 2.05) is 36.1 Å². The number of benzene rings is 2. The molecule has 28 heavy (non-hydrogen) atoms. The van der Waals surface area contributed by atoms with Crippen LogP contribution in [0.2, 0.25) is 0 Å². The Morgan fingerprint density at radius 3 is 2.46 bits per heavy atom. The maximum Gasteiger partial charge on any atom is 0.243 e. The topological polar surface area (TPSA) is 57.7 Å². The van der Waals surface area contributed by atoms with E-state index in [4.69, 9.17) is 0 Å². The van der Waals surface area contributed by atoms with E-state index < -0.39 is 10.0 Å². The molecule has 0 spiro atoms. The molecule has 4 rings (SSSR count). The van der Waals surface area contributed by atoms with Gasteiger partial charge >= 0.3 is 0 Å². The first-order valence-corrected chi connectivity index (χ1v) is 11.3. The molecule has 2 aromatic carbocycles. The van der Waals surface area contributed by atoms with Crippen molar-refractivity contribution in [1.29, 1.82) is 0 Å². The molecule has 0 bridgehead atoms. The van der Waals surface area contributed by atoms with Crippen molar-refractivity contribution in [3.05, 3.63) is 59.7 Å². The number of sulfonamides is 1. The number of fused-ring (bicyclic) bond motifs is 1. The Morgan fingerprint density at radius 1 is 1.04 bits per heavy atom. The maximum atomic E-state index is 13.2. The minimum absolute atomic E-state index is 0.127. The fraction of sp³-hybridized carbons (Fsp3) is 0.409. The van der Waals surface area contributed by atoms with Gasteiger partial charge in [-0.3, -0.25) is 4.79 Å². The van der Waals surface area contributed by atoms with Crippen molar-refractivity contribution in [3.63, 3.8) is 0 Å². The maximum absolute atomic E-state index is 13.2. The van der Waals surface area contributed by atoms with Gasteiger partial charge in [-0.2, -0.15) is 4.31 Å².